The average molecular weight is 473 g/mol. The minimum atomic E-state index is -0.177. The maximum absolute atomic E-state index is 12.2. The summed E-state index contributed by atoms with van der Waals surface area (Å²) in [7, 11) is 0. The third-order valence-electron chi connectivity index (χ3n) is 5.55. The van der Waals surface area contributed by atoms with Gasteiger partial charge < -0.3 is 15.5 Å². The second-order valence-electron chi connectivity index (χ2n) is 7.62. The number of nitrogens with one attached hydrogen (secondary N) is 1. The molecule has 4 rings (SSSR count). The number of amides is 1. The van der Waals surface area contributed by atoms with Crippen LogP contribution in [0.5, 0.6) is 0 Å². The molecule has 1 amide bonds. The van der Waals surface area contributed by atoms with Crippen molar-refractivity contribution in [2.45, 2.75) is 32.5 Å². The second kappa shape index (κ2) is 11.5. The number of H-pyrrole nitrogens is 1. The van der Waals surface area contributed by atoms with Crippen LogP contribution in [0.1, 0.15) is 24.2 Å². The van der Waals surface area contributed by atoms with Crippen LogP contribution < -0.4 is 16.2 Å². The van der Waals surface area contributed by atoms with Gasteiger partial charge in [-0.15, -0.1) is 24.8 Å². The van der Waals surface area contributed by atoms with Gasteiger partial charge in [-0.2, -0.15) is 10.2 Å². The fourth-order valence-electron chi connectivity index (χ4n) is 4.03. The maximum atomic E-state index is 12.2. The largest absolute Gasteiger partial charge is 0.368 e. The summed E-state index contributed by atoms with van der Waals surface area (Å²) in [5.74, 6) is 0.120. The lowest BCUT2D eigenvalue weighted by Crippen LogP contribution is -2.46. The minimum absolute atomic E-state index is 0. The van der Waals surface area contributed by atoms with E-state index in [-0.39, 0.29) is 36.3 Å². The van der Waals surface area contributed by atoms with Crippen LogP contribution in [-0.4, -0.2) is 75.0 Å². The first kappa shape index (κ1) is 25.1. The van der Waals surface area contributed by atoms with Crippen molar-refractivity contribution in [2.24, 2.45) is 5.73 Å². The Balaban J connectivity index is 0.00000171. The highest BCUT2D eigenvalue weighted by Crippen LogP contribution is 2.18. The van der Waals surface area contributed by atoms with Gasteiger partial charge in [0.15, 0.2) is 0 Å². The van der Waals surface area contributed by atoms with Gasteiger partial charge in [0.25, 0.3) is 5.56 Å². The first-order chi connectivity index (χ1) is 14.1. The van der Waals surface area contributed by atoms with Crippen LogP contribution in [0.25, 0.3) is 0 Å². The van der Waals surface area contributed by atoms with Crippen molar-refractivity contribution < 1.29 is 4.79 Å². The fourth-order valence-corrected chi connectivity index (χ4v) is 4.03. The van der Waals surface area contributed by atoms with Crippen LogP contribution in [-0.2, 0) is 24.4 Å². The van der Waals surface area contributed by atoms with E-state index in [1.165, 1.54) is 0 Å². The van der Waals surface area contributed by atoms with Gasteiger partial charge in [0.05, 0.1) is 29.8 Å². The quantitative estimate of drug-likeness (QED) is 0.638. The summed E-state index contributed by atoms with van der Waals surface area (Å²) in [5.41, 5.74) is 8.36. The van der Waals surface area contributed by atoms with Crippen molar-refractivity contribution in [3.8, 4) is 0 Å². The van der Waals surface area contributed by atoms with E-state index in [1.54, 1.807) is 12.3 Å². The average Bonchev–Trinajstić information content (AvgIpc) is 2.97. The zero-order valence-corrected chi connectivity index (χ0v) is 19.0. The number of aromatic amines is 1. The Kier molecular flexibility index (Phi) is 9.30. The first-order valence-corrected chi connectivity index (χ1v) is 10.2. The van der Waals surface area contributed by atoms with Crippen molar-refractivity contribution >= 4 is 36.4 Å². The molecular weight excluding hydrogens is 443 g/mol. The van der Waals surface area contributed by atoms with Gasteiger partial charge in [0.1, 0.15) is 0 Å². The molecule has 2 aliphatic heterocycles. The van der Waals surface area contributed by atoms with Gasteiger partial charge in [0.2, 0.25) is 5.91 Å². The molecule has 1 fully saturated rings. The number of fused-ring (bicyclic) bond motifs is 1. The molecule has 12 heteroatoms. The molecule has 4 heterocycles. The zero-order chi connectivity index (χ0) is 20.2. The Hall–Kier alpha value is -2.14. The standard InChI is InChI=1S/C19H28N8O2.2ClH/c20-3-2-19(29)26-4-1-5-27-17(14-26)10-15(23-27)13-24-6-8-25(9-7-24)16-11-18(28)22-21-12-16;;/h10-12H,1-9,13-14,20H2,(H,22,28);2*1H. The van der Waals surface area contributed by atoms with E-state index in [0.29, 0.717) is 19.5 Å². The number of carbonyl (C=O) groups is 1. The molecule has 0 unspecified atom stereocenters. The van der Waals surface area contributed by atoms with Gasteiger partial charge in [-0.25, -0.2) is 5.10 Å². The predicted molar refractivity (Wildman–Crippen MR) is 123 cm³/mol. The Morgan fingerprint density at radius 1 is 1.10 bits per heavy atom. The lowest BCUT2D eigenvalue weighted by atomic mass is 10.2. The number of aromatic nitrogens is 4. The van der Waals surface area contributed by atoms with Crippen molar-refractivity contribution in [2.75, 3.05) is 44.2 Å². The van der Waals surface area contributed by atoms with Crippen LogP contribution in [0, 0.1) is 0 Å². The number of aryl methyl sites for hydroxylation is 1. The number of nitrogens with zero attached hydrogens (tertiary/aromatic N) is 6. The molecule has 2 aromatic rings. The highest BCUT2D eigenvalue weighted by atomic mass is 35.5. The monoisotopic (exact) mass is 472 g/mol. The molecule has 1 saturated heterocycles. The van der Waals surface area contributed by atoms with Crippen molar-refractivity contribution in [3.63, 3.8) is 0 Å². The highest BCUT2D eigenvalue weighted by molar-refractivity contribution is 5.85. The van der Waals surface area contributed by atoms with E-state index in [2.05, 4.69) is 26.1 Å². The summed E-state index contributed by atoms with van der Waals surface area (Å²) in [6.07, 6.45) is 3.00. The molecule has 172 valence electrons. The van der Waals surface area contributed by atoms with E-state index in [9.17, 15) is 9.59 Å². The number of halogens is 2. The van der Waals surface area contributed by atoms with Crippen LogP contribution >= 0.6 is 24.8 Å². The lowest BCUT2D eigenvalue weighted by molar-refractivity contribution is -0.131. The number of carbonyl (C=O) groups excluding carboxylic acids is 1. The fraction of sp³-hybridized carbons (Fsp3) is 0.579. The summed E-state index contributed by atoms with van der Waals surface area (Å²) in [6.45, 7) is 6.88. The topological polar surface area (TPSA) is 116 Å². The van der Waals surface area contributed by atoms with Crippen LogP contribution in [0.4, 0.5) is 5.69 Å². The van der Waals surface area contributed by atoms with Gasteiger partial charge in [0, 0.05) is 64.8 Å². The minimum Gasteiger partial charge on any atom is -0.368 e. The normalized spacial score (nSPS) is 16.7. The molecule has 0 aliphatic carbocycles. The molecule has 0 atom stereocenters. The van der Waals surface area contributed by atoms with E-state index >= 15 is 0 Å². The summed E-state index contributed by atoms with van der Waals surface area (Å²) in [6, 6.07) is 3.72. The van der Waals surface area contributed by atoms with Crippen molar-refractivity contribution in [1.82, 2.24) is 29.8 Å². The third kappa shape index (κ3) is 6.19. The predicted octanol–water partition coefficient (Wildman–Crippen LogP) is 0.213. The maximum Gasteiger partial charge on any atom is 0.266 e. The van der Waals surface area contributed by atoms with E-state index in [0.717, 1.165) is 69.3 Å². The Labute approximate surface area is 193 Å². The number of nitrogens with two attached hydrogens (primary N) is 1. The van der Waals surface area contributed by atoms with Crippen LogP contribution in [0.2, 0.25) is 0 Å². The molecule has 0 radical (unpaired) electrons. The zero-order valence-electron chi connectivity index (χ0n) is 17.4. The van der Waals surface area contributed by atoms with Gasteiger partial charge in [-0.3, -0.25) is 19.2 Å². The molecule has 0 spiro atoms. The molecule has 0 saturated carbocycles. The Bertz CT molecular complexity index is 910. The molecule has 3 N–H and O–H groups in total. The van der Waals surface area contributed by atoms with Crippen molar-refractivity contribution in [1.29, 1.82) is 0 Å². The molecule has 2 aromatic heterocycles. The van der Waals surface area contributed by atoms with Gasteiger partial charge in [-0.05, 0) is 12.5 Å². The number of piperazine rings is 1. The summed E-state index contributed by atoms with van der Waals surface area (Å²) in [4.78, 5) is 30.1. The number of hydrogen-bond donors (Lipinski definition) is 2. The van der Waals surface area contributed by atoms with E-state index < -0.39 is 0 Å². The first-order valence-electron chi connectivity index (χ1n) is 10.2. The van der Waals surface area contributed by atoms with Gasteiger partial charge >= 0.3 is 0 Å². The van der Waals surface area contributed by atoms with E-state index in [1.807, 2.05) is 9.58 Å². The second-order valence-corrected chi connectivity index (χ2v) is 7.62. The molecule has 10 nitrogen and oxygen atoms in total. The third-order valence-corrected chi connectivity index (χ3v) is 5.55. The summed E-state index contributed by atoms with van der Waals surface area (Å²) < 4.78 is 2.04. The Morgan fingerprint density at radius 3 is 2.58 bits per heavy atom. The Morgan fingerprint density at radius 2 is 1.87 bits per heavy atom. The number of anilines is 1. The summed E-state index contributed by atoms with van der Waals surface area (Å²) in [5, 5.41) is 11.1. The summed E-state index contributed by atoms with van der Waals surface area (Å²) >= 11 is 0. The highest BCUT2D eigenvalue weighted by Gasteiger charge is 2.22. The van der Waals surface area contributed by atoms with Crippen molar-refractivity contribution in [3.05, 3.63) is 40.1 Å². The SMILES string of the molecule is Cl.Cl.NCCC(=O)N1CCCn2nc(CN3CCN(c4cn[nH]c(=O)c4)CC3)cc2C1. The lowest BCUT2D eigenvalue weighted by Gasteiger charge is -2.35. The molecular formula is C19H30Cl2N8O2. The molecule has 31 heavy (non-hydrogen) atoms. The van der Waals surface area contributed by atoms with E-state index in [4.69, 9.17) is 10.8 Å². The molecule has 2 aliphatic rings. The molecule has 0 aromatic carbocycles. The van der Waals surface area contributed by atoms with Crippen LogP contribution in [0.3, 0.4) is 0 Å². The molecule has 0 bridgehead atoms. The number of hydrogen-bond acceptors (Lipinski definition) is 7. The van der Waals surface area contributed by atoms with Crippen LogP contribution in [0.15, 0.2) is 23.1 Å². The number of rotatable bonds is 5. The van der Waals surface area contributed by atoms with Gasteiger partial charge in [-0.1, -0.05) is 0 Å². The smallest absolute Gasteiger partial charge is 0.266 e.